The van der Waals surface area contributed by atoms with Crippen LogP contribution in [-0.2, 0) is 0 Å². The Hall–Kier alpha value is -1.85. The summed E-state index contributed by atoms with van der Waals surface area (Å²) in [6.07, 6.45) is 5.23. The van der Waals surface area contributed by atoms with E-state index in [0.29, 0.717) is 5.82 Å². The van der Waals surface area contributed by atoms with Gasteiger partial charge < -0.3 is 16.0 Å². The largest absolute Gasteiger partial charge is 0.371 e. The Morgan fingerprint density at radius 1 is 1.41 bits per heavy atom. The Labute approximate surface area is 100 Å². The highest BCUT2D eigenvalue weighted by molar-refractivity contribution is 5.95. The molecule has 6 nitrogen and oxygen atoms in total. The van der Waals surface area contributed by atoms with Crippen molar-refractivity contribution in [2.45, 2.75) is 19.3 Å². The van der Waals surface area contributed by atoms with Crippen LogP contribution in [0.1, 0.15) is 29.8 Å². The Balaban J connectivity index is 2.27. The van der Waals surface area contributed by atoms with E-state index in [2.05, 4.69) is 20.2 Å². The molecular weight excluding hydrogens is 218 g/mol. The minimum absolute atomic E-state index is 0.188. The maximum atomic E-state index is 11.1. The number of anilines is 2. The average molecular weight is 235 g/mol. The summed E-state index contributed by atoms with van der Waals surface area (Å²) in [4.78, 5) is 21.8. The zero-order valence-electron chi connectivity index (χ0n) is 9.94. The second kappa shape index (κ2) is 4.99. The molecule has 1 amide bonds. The number of nitrogens with one attached hydrogen (secondary N) is 1. The quantitative estimate of drug-likeness (QED) is 0.801. The van der Waals surface area contributed by atoms with Gasteiger partial charge in [0, 0.05) is 20.1 Å². The fourth-order valence-electron chi connectivity index (χ4n) is 2.01. The molecule has 0 atom stereocenters. The lowest BCUT2D eigenvalue weighted by Crippen LogP contribution is -2.31. The van der Waals surface area contributed by atoms with Crippen LogP contribution in [0.4, 0.5) is 11.6 Å². The van der Waals surface area contributed by atoms with Gasteiger partial charge in [-0.2, -0.15) is 0 Å². The van der Waals surface area contributed by atoms with Crippen molar-refractivity contribution in [2.75, 3.05) is 30.4 Å². The molecule has 0 bridgehead atoms. The molecule has 1 aromatic rings. The molecule has 0 aliphatic carbocycles. The van der Waals surface area contributed by atoms with Gasteiger partial charge in [0.05, 0.1) is 6.20 Å². The molecule has 2 heterocycles. The zero-order valence-corrected chi connectivity index (χ0v) is 9.94. The summed E-state index contributed by atoms with van der Waals surface area (Å²) in [6, 6.07) is 0. The van der Waals surface area contributed by atoms with Crippen LogP contribution in [0, 0.1) is 0 Å². The minimum atomic E-state index is -0.563. The lowest BCUT2D eigenvalue weighted by molar-refractivity contribution is 0.0996. The molecule has 0 aromatic carbocycles. The summed E-state index contributed by atoms with van der Waals surface area (Å²) in [5.74, 6) is 0.687. The summed E-state index contributed by atoms with van der Waals surface area (Å²) in [6.45, 7) is 1.99. The first kappa shape index (κ1) is 11.6. The van der Waals surface area contributed by atoms with Gasteiger partial charge in [-0.3, -0.25) is 4.79 Å². The highest BCUT2D eigenvalue weighted by Gasteiger charge is 2.16. The van der Waals surface area contributed by atoms with Crippen molar-refractivity contribution in [1.29, 1.82) is 0 Å². The van der Waals surface area contributed by atoms with Crippen molar-refractivity contribution in [3.05, 3.63) is 11.9 Å². The summed E-state index contributed by atoms with van der Waals surface area (Å²) in [7, 11) is 1.70. The number of carbonyl (C=O) groups excluding carboxylic acids is 1. The van der Waals surface area contributed by atoms with Crippen LogP contribution >= 0.6 is 0 Å². The van der Waals surface area contributed by atoms with E-state index in [0.717, 1.165) is 18.9 Å². The van der Waals surface area contributed by atoms with E-state index in [1.807, 2.05) is 0 Å². The number of rotatable bonds is 3. The van der Waals surface area contributed by atoms with Gasteiger partial charge in [-0.1, -0.05) is 0 Å². The van der Waals surface area contributed by atoms with Crippen molar-refractivity contribution < 1.29 is 4.79 Å². The molecule has 1 saturated heterocycles. The standard InChI is InChI=1S/C11H17N5O/c1-13-11-9(10(12)17)14-7-8(15-11)16-5-3-2-4-6-16/h7H,2-6H2,1H3,(H2,12,17)(H,13,15). The Kier molecular flexibility index (Phi) is 3.41. The van der Waals surface area contributed by atoms with Crippen LogP contribution in [0.2, 0.25) is 0 Å². The maximum absolute atomic E-state index is 11.1. The fraction of sp³-hybridized carbons (Fsp3) is 0.545. The number of hydrogen-bond acceptors (Lipinski definition) is 5. The second-order valence-electron chi connectivity index (χ2n) is 4.09. The number of nitrogens with zero attached hydrogens (tertiary/aromatic N) is 3. The van der Waals surface area contributed by atoms with Gasteiger partial charge in [-0.05, 0) is 19.3 Å². The van der Waals surface area contributed by atoms with Gasteiger partial charge in [0.1, 0.15) is 5.82 Å². The topological polar surface area (TPSA) is 84.1 Å². The van der Waals surface area contributed by atoms with Crippen molar-refractivity contribution in [2.24, 2.45) is 5.73 Å². The first-order chi connectivity index (χ1) is 8.22. The third-order valence-electron chi connectivity index (χ3n) is 2.91. The Morgan fingerprint density at radius 2 is 2.12 bits per heavy atom. The highest BCUT2D eigenvalue weighted by atomic mass is 16.1. The van der Waals surface area contributed by atoms with Gasteiger partial charge in [0.15, 0.2) is 11.5 Å². The lowest BCUT2D eigenvalue weighted by atomic mass is 10.1. The van der Waals surface area contributed by atoms with Crippen LogP contribution in [0.5, 0.6) is 0 Å². The van der Waals surface area contributed by atoms with E-state index in [9.17, 15) is 4.79 Å². The zero-order chi connectivity index (χ0) is 12.3. The van der Waals surface area contributed by atoms with Crippen LogP contribution in [0.15, 0.2) is 6.20 Å². The average Bonchev–Trinajstić information content (AvgIpc) is 2.39. The molecule has 0 radical (unpaired) electrons. The molecule has 1 aliphatic rings. The van der Waals surface area contributed by atoms with E-state index in [1.165, 1.54) is 19.3 Å². The number of piperidine rings is 1. The lowest BCUT2D eigenvalue weighted by Gasteiger charge is -2.27. The van der Waals surface area contributed by atoms with Crippen molar-refractivity contribution >= 4 is 17.5 Å². The molecule has 17 heavy (non-hydrogen) atoms. The smallest absolute Gasteiger partial charge is 0.271 e. The van der Waals surface area contributed by atoms with Crippen molar-refractivity contribution in [3.63, 3.8) is 0 Å². The van der Waals surface area contributed by atoms with E-state index in [1.54, 1.807) is 13.2 Å². The number of amides is 1. The van der Waals surface area contributed by atoms with Crippen molar-refractivity contribution in [3.8, 4) is 0 Å². The molecule has 92 valence electrons. The second-order valence-corrected chi connectivity index (χ2v) is 4.09. The van der Waals surface area contributed by atoms with Crippen LogP contribution in [0.3, 0.4) is 0 Å². The number of nitrogens with two attached hydrogens (primary N) is 1. The molecule has 0 spiro atoms. The van der Waals surface area contributed by atoms with E-state index in [-0.39, 0.29) is 5.69 Å². The number of hydrogen-bond donors (Lipinski definition) is 2. The summed E-state index contributed by atoms with van der Waals surface area (Å²) in [5, 5.41) is 2.86. The van der Waals surface area contributed by atoms with Gasteiger partial charge in [-0.25, -0.2) is 9.97 Å². The molecule has 0 unspecified atom stereocenters. The summed E-state index contributed by atoms with van der Waals surface area (Å²) >= 11 is 0. The molecule has 0 saturated carbocycles. The Bertz CT molecular complexity index is 414. The molecule has 3 N–H and O–H groups in total. The van der Waals surface area contributed by atoms with Crippen LogP contribution in [-0.4, -0.2) is 36.0 Å². The molecular formula is C11H17N5O. The molecule has 1 aliphatic heterocycles. The summed E-state index contributed by atoms with van der Waals surface area (Å²) < 4.78 is 0. The van der Waals surface area contributed by atoms with E-state index < -0.39 is 5.91 Å². The predicted octanol–water partition coefficient (Wildman–Crippen LogP) is 0.607. The SMILES string of the molecule is CNc1nc(N2CCCCC2)cnc1C(N)=O. The van der Waals surface area contributed by atoms with E-state index >= 15 is 0 Å². The Morgan fingerprint density at radius 3 is 2.71 bits per heavy atom. The number of carbonyl (C=O) groups is 1. The number of aromatic nitrogens is 2. The maximum Gasteiger partial charge on any atom is 0.271 e. The van der Waals surface area contributed by atoms with Crippen LogP contribution < -0.4 is 16.0 Å². The number of primary amides is 1. The van der Waals surface area contributed by atoms with Gasteiger partial charge in [0.2, 0.25) is 0 Å². The third-order valence-corrected chi connectivity index (χ3v) is 2.91. The first-order valence-corrected chi connectivity index (χ1v) is 5.82. The predicted molar refractivity (Wildman–Crippen MR) is 66.2 cm³/mol. The monoisotopic (exact) mass is 235 g/mol. The summed E-state index contributed by atoms with van der Waals surface area (Å²) in [5.41, 5.74) is 5.41. The van der Waals surface area contributed by atoms with Crippen LogP contribution in [0.25, 0.3) is 0 Å². The third kappa shape index (κ3) is 2.46. The fourth-order valence-corrected chi connectivity index (χ4v) is 2.01. The van der Waals surface area contributed by atoms with Crippen molar-refractivity contribution in [1.82, 2.24) is 9.97 Å². The minimum Gasteiger partial charge on any atom is -0.371 e. The highest BCUT2D eigenvalue weighted by Crippen LogP contribution is 2.19. The van der Waals surface area contributed by atoms with Gasteiger partial charge in [-0.15, -0.1) is 0 Å². The first-order valence-electron chi connectivity index (χ1n) is 5.82. The molecule has 1 fully saturated rings. The molecule has 1 aromatic heterocycles. The normalized spacial score (nSPS) is 15.7. The van der Waals surface area contributed by atoms with Gasteiger partial charge in [0.25, 0.3) is 5.91 Å². The molecule has 2 rings (SSSR count). The van der Waals surface area contributed by atoms with E-state index in [4.69, 9.17) is 5.73 Å². The van der Waals surface area contributed by atoms with Gasteiger partial charge >= 0.3 is 0 Å². The molecule has 6 heteroatoms.